The monoisotopic (exact) mass is 201 g/mol. The molecule has 2 heterocycles. The van der Waals surface area contributed by atoms with Gasteiger partial charge in [0.15, 0.2) is 0 Å². The normalized spacial score (nSPS) is 9.67. The van der Waals surface area contributed by atoms with E-state index in [4.69, 9.17) is 0 Å². The van der Waals surface area contributed by atoms with Gasteiger partial charge in [0.05, 0.1) is 11.9 Å². The lowest BCUT2D eigenvalue weighted by Gasteiger charge is -2.05. The molecule has 0 fully saturated rings. The Bertz CT molecular complexity index is 429. The zero-order chi connectivity index (χ0) is 10.5. The zero-order valence-corrected chi connectivity index (χ0v) is 8.31. The number of hydrogen-bond donors (Lipinski definition) is 2. The predicted molar refractivity (Wildman–Crippen MR) is 59.1 cm³/mol. The molecule has 0 radical (unpaired) electrons. The summed E-state index contributed by atoms with van der Waals surface area (Å²) in [5.74, 6) is 1.51. The fourth-order valence-electron chi connectivity index (χ4n) is 1.15. The molecule has 2 aromatic rings. The number of pyridine rings is 1. The van der Waals surface area contributed by atoms with E-state index in [0.29, 0.717) is 0 Å². The lowest BCUT2D eigenvalue weighted by Crippen LogP contribution is -1.97. The van der Waals surface area contributed by atoms with Crippen molar-refractivity contribution in [3.05, 3.63) is 36.9 Å². The fourth-order valence-corrected chi connectivity index (χ4v) is 1.15. The molecule has 0 saturated carbocycles. The van der Waals surface area contributed by atoms with Crippen molar-refractivity contribution in [3.8, 4) is 0 Å². The van der Waals surface area contributed by atoms with E-state index in [-0.39, 0.29) is 0 Å². The average molecular weight is 201 g/mol. The second kappa shape index (κ2) is 4.36. The summed E-state index contributed by atoms with van der Waals surface area (Å²) < 4.78 is 0. The van der Waals surface area contributed by atoms with E-state index in [9.17, 15) is 0 Å². The molecule has 0 bridgehead atoms. The molecular weight excluding hydrogens is 190 g/mol. The quantitative estimate of drug-likeness (QED) is 0.790. The summed E-state index contributed by atoms with van der Waals surface area (Å²) in [5, 5.41) is 6.07. The van der Waals surface area contributed by atoms with Gasteiger partial charge in [-0.05, 0) is 12.1 Å². The molecule has 0 aliphatic heterocycles. The van der Waals surface area contributed by atoms with Crippen molar-refractivity contribution in [1.29, 1.82) is 0 Å². The minimum atomic E-state index is 0.738. The van der Waals surface area contributed by atoms with Crippen molar-refractivity contribution in [2.45, 2.75) is 0 Å². The van der Waals surface area contributed by atoms with Crippen LogP contribution in [-0.2, 0) is 0 Å². The highest BCUT2D eigenvalue weighted by atomic mass is 15.1. The van der Waals surface area contributed by atoms with E-state index in [2.05, 4.69) is 25.6 Å². The molecule has 76 valence electrons. The molecule has 2 aromatic heterocycles. The van der Waals surface area contributed by atoms with Crippen LogP contribution in [0.25, 0.3) is 0 Å². The van der Waals surface area contributed by atoms with Crippen LogP contribution in [-0.4, -0.2) is 22.0 Å². The van der Waals surface area contributed by atoms with Crippen LogP contribution in [0.2, 0.25) is 0 Å². The summed E-state index contributed by atoms with van der Waals surface area (Å²) in [6.45, 7) is 0. The van der Waals surface area contributed by atoms with E-state index in [1.54, 1.807) is 12.4 Å². The van der Waals surface area contributed by atoms with Gasteiger partial charge in [-0.25, -0.2) is 9.97 Å². The Hall–Kier alpha value is -2.17. The third kappa shape index (κ3) is 2.40. The van der Waals surface area contributed by atoms with Gasteiger partial charge in [-0.1, -0.05) is 0 Å². The number of nitrogens with one attached hydrogen (secondary N) is 2. The number of anilines is 3. The molecule has 0 aliphatic carbocycles. The van der Waals surface area contributed by atoms with Gasteiger partial charge in [-0.3, -0.25) is 4.98 Å². The molecule has 0 unspecified atom stereocenters. The minimum Gasteiger partial charge on any atom is -0.373 e. The van der Waals surface area contributed by atoms with Gasteiger partial charge in [0, 0.05) is 19.3 Å². The maximum Gasteiger partial charge on any atom is 0.135 e. The average Bonchev–Trinajstić information content (AvgIpc) is 2.31. The van der Waals surface area contributed by atoms with Crippen molar-refractivity contribution in [3.63, 3.8) is 0 Å². The van der Waals surface area contributed by atoms with Crippen molar-refractivity contribution in [2.75, 3.05) is 17.7 Å². The highest BCUT2D eigenvalue weighted by Crippen LogP contribution is 2.14. The van der Waals surface area contributed by atoms with Crippen LogP contribution in [0.1, 0.15) is 0 Å². The van der Waals surface area contributed by atoms with Crippen LogP contribution >= 0.6 is 0 Å². The van der Waals surface area contributed by atoms with E-state index in [0.717, 1.165) is 17.3 Å². The van der Waals surface area contributed by atoms with Gasteiger partial charge in [0.1, 0.15) is 18.0 Å². The number of hydrogen-bond acceptors (Lipinski definition) is 5. The summed E-state index contributed by atoms with van der Waals surface area (Å²) >= 11 is 0. The highest BCUT2D eigenvalue weighted by Gasteiger charge is 1.97. The summed E-state index contributed by atoms with van der Waals surface area (Å²) in [7, 11) is 1.82. The second-order valence-corrected chi connectivity index (χ2v) is 2.91. The zero-order valence-electron chi connectivity index (χ0n) is 8.31. The molecule has 0 aliphatic rings. The molecule has 5 heteroatoms. The Morgan fingerprint density at radius 3 is 2.80 bits per heavy atom. The van der Waals surface area contributed by atoms with Crippen LogP contribution in [0.4, 0.5) is 17.3 Å². The maximum absolute atomic E-state index is 4.09. The fraction of sp³-hybridized carbons (Fsp3) is 0.100. The Labute approximate surface area is 87.6 Å². The van der Waals surface area contributed by atoms with Crippen molar-refractivity contribution >= 4 is 17.3 Å². The number of nitrogens with zero attached hydrogens (tertiary/aromatic N) is 3. The lowest BCUT2D eigenvalue weighted by molar-refractivity contribution is 1.16. The molecular formula is C10H11N5. The summed E-state index contributed by atoms with van der Waals surface area (Å²) in [6, 6.07) is 5.61. The van der Waals surface area contributed by atoms with E-state index in [1.165, 1.54) is 6.33 Å². The van der Waals surface area contributed by atoms with Gasteiger partial charge in [-0.2, -0.15) is 0 Å². The van der Waals surface area contributed by atoms with Gasteiger partial charge in [0.2, 0.25) is 0 Å². The highest BCUT2D eigenvalue weighted by molar-refractivity contribution is 5.57. The largest absolute Gasteiger partial charge is 0.373 e. The third-order valence-corrected chi connectivity index (χ3v) is 1.86. The summed E-state index contributed by atoms with van der Waals surface area (Å²) in [5.41, 5.74) is 0.901. The van der Waals surface area contributed by atoms with Gasteiger partial charge in [-0.15, -0.1) is 0 Å². The predicted octanol–water partition coefficient (Wildman–Crippen LogP) is 1.66. The van der Waals surface area contributed by atoms with Gasteiger partial charge in [0.25, 0.3) is 0 Å². The number of aromatic nitrogens is 3. The summed E-state index contributed by atoms with van der Waals surface area (Å²) in [6.07, 6.45) is 4.97. The van der Waals surface area contributed by atoms with Gasteiger partial charge >= 0.3 is 0 Å². The van der Waals surface area contributed by atoms with Crippen molar-refractivity contribution in [1.82, 2.24) is 15.0 Å². The molecule has 0 atom stereocenters. The third-order valence-electron chi connectivity index (χ3n) is 1.86. The first-order valence-corrected chi connectivity index (χ1v) is 4.55. The Balaban J connectivity index is 2.17. The Kier molecular flexibility index (Phi) is 2.73. The first kappa shape index (κ1) is 9.39. The molecule has 0 spiro atoms. The van der Waals surface area contributed by atoms with Crippen LogP contribution in [0, 0.1) is 0 Å². The van der Waals surface area contributed by atoms with E-state index >= 15 is 0 Å². The first-order valence-electron chi connectivity index (χ1n) is 4.55. The second-order valence-electron chi connectivity index (χ2n) is 2.91. The van der Waals surface area contributed by atoms with Crippen LogP contribution in [0.3, 0.4) is 0 Å². The first-order chi connectivity index (χ1) is 7.38. The molecule has 2 N–H and O–H groups in total. The molecule has 2 rings (SSSR count). The van der Waals surface area contributed by atoms with Crippen molar-refractivity contribution < 1.29 is 0 Å². The van der Waals surface area contributed by atoms with Crippen molar-refractivity contribution in [2.24, 2.45) is 0 Å². The molecule has 0 aromatic carbocycles. The van der Waals surface area contributed by atoms with E-state index in [1.807, 2.05) is 25.2 Å². The smallest absolute Gasteiger partial charge is 0.135 e. The Morgan fingerprint density at radius 2 is 2.07 bits per heavy atom. The van der Waals surface area contributed by atoms with Crippen LogP contribution in [0.5, 0.6) is 0 Å². The molecule has 15 heavy (non-hydrogen) atoms. The maximum atomic E-state index is 4.09. The standard InChI is InChI=1S/C10H11N5/c1-11-9-5-10(14-7-13-9)15-8-3-2-4-12-6-8/h2-7H,1H3,(H2,11,13,14,15). The van der Waals surface area contributed by atoms with Crippen LogP contribution in [0.15, 0.2) is 36.9 Å². The number of rotatable bonds is 3. The van der Waals surface area contributed by atoms with E-state index < -0.39 is 0 Å². The Morgan fingerprint density at radius 1 is 1.20 bits per heavy atom. The summed E-state index contributed by atoms with van der Waals surface area (Å²) in [4.78, 5) is 12.1. The molecule has 0 saturated heterocycles. The van der Waals surface area contributed by atoms with Crippen LogP contribution < -0.4 is 10.6 Å². The molecule has 5 nitrogen and oxygen atoms in total. The topological polar surface area (TPSA) is 62.7 Å². The molecule has 0 amide bonds. The lowest BCUT2D eigenvalue weighted by atomic mass is 10.4. The SMILES string of the molecule is CNc1cc(Nc2cccnc2)ncn1. The minimum absolute atomic E-state index is 0.738. The van der Waals surface area contributed by atoms with Gasteiger partial charge < -0.3 is 10.6 Å².